The Balaban J connectivity index is -0.000000373. The predicted molar refractivity (Wildman–Crippen MR) is 201 cm³/mol. The number of nitrogens with two attached hydrogens (primary N) is 3. The van der Waals surface area contributed by atoms with Gasteiger partial charge in [-0.2, -0.15) is 0 Å². The van der Waals surface area contributed by atoms with Crippen LogP contribution in [-0.2, 0) is 38.4 Å². The maximum Gasteiger partial charge on any atom is 0.244 e. The smallest absolute Gasteiger partial charge is 0.244 e. The van der Waals surface area contributed by atoms with E-state index in [4.69, 9.17) is 11.5 Å². The van der Waals surface area contributed by atoms with Gasteiger partial charge in [0.25, 0.3) is 0 Å². The van der Waals surface area contributed by atoms with Gasteiger partial charge in [0.05, 0.1) is 13.3 Å². The van der Waals surface area contributed by atoms with Gasteiger partial charge in [-0.1, -0.05) is 33.6 Å². The standard InChI is InChI=1S/C18H35N5O4.C7H10N2O2.C6H14N2O.C3H5NO/c1-4-15(10-14(3)23-12-24)20-9-8-17(26)22-11-21-16(25)7-5-6-13(2)18(19)27;1-3-6(10)8-5-9-7(11)4-2;1-5(7)3-6(2)8-4-9;1-2-3(4)5/h12-15,20H,4-11H2,1-3H3,(H2,19,27)(H,21,25)(H,22,26)(H,23,24);3-4H,1-2,5H2,(H,8,10)(H,9,11);4-6H,3,7H2,1-2H3,(H,8,9);2H,1H2,(H2,4,5). The summed E-state index contributed by atoms with van der Waals surface area (Å²) < 4.78 is 0. The molecule has 13 N–H and O–H groups in total. The quantitative estimate of drug-likeness (QED) is 0.0303. The van der Waals surface area contributed by atoms with Crippen LogP contribution in [0.4, 0.5) is 0 Å². The molecular weight excluding hydrogens is 676 g/mol. The Kier molecular flexibility index (Phi) is 38.4. The van der Waals surface area contributed by atoms with Crippen LogP contribution in [0.25, 0.3) is 0 Å². The van der Waals surface area contributed by atoms with E-state index in [2.05, 4.69) is 62.7 Å². The molecule has 8 amide bonds. The summed E-state index contributed by atoms with van der Waals surface area (Å²) in [6.07, 6.45) is 8.96. The van der Waals surface area contributed by atoms with Gasteiger partial charge < -0.3 is 54.4 Å². The highest BCUT2D eigenvalue weighted by Crippen LogP contribution is 2.06. The highest BCUT2D eigenvalue weighted by Gasteiger charge is 2.12. The minimum atomic E-state index is -0.481. The summed E-state index contributed by atoms with van der Waals surface area (Å²) in [7, 11) is 0. The number of carbonyl (C=O) groups is 8. The number of hydrogen-bond acceptors (Lipinski definition) is 10. The van der Waals surface area contributed by atoms with Crippen molar-refractivity contribution in [2.45, 2.75) is 104 Å². The summed E-state index contributed by atoms with van der Waals surface area (Å²) in [5.74, 6) is -2.06. The highest BCUT2D eigenvalue weighted by molar-refractivity contribution is 5.89. The SMILES string of the molecule is C=CC(=O)NCNC(=O)C=C.C=CC(N)=O.CC(N)CC(C)NC=O.CCC(CC(C)NC=O)NCCC(=O)NCNC(=O)CCCC(C)C(N)=O. The molecule has 0 aliphatic carbocycles. The Labute approximate surface area is 308 Å². The van der Waals surface area contributed by atoms with Gasteiger partial charge in [0.1, 0.15) is 0 Å². The fraction of sp³-hybridized carbons (Fsp3) is 0.588. The van der Waals surface area contributed by atoms with Gasteiger partial charge in [0, 0.05) is 49.5 Å². The topological polar surface area (TPSA) is 299 Å². The number of rotatable bonds is 25. The molecule has 0 saturated carbocycles. The molecule has 0 radical (unpaired) electrons. The van der Waals surface area contributed by atoms with Crippen LogP contribution in [0.2, 0.25) is 0 Å². The van der Waals surface area contributed by atoms with Gasteiger partial charge in [-0.25, -0.2) is 0 Å². The first kappa shape index (κ1) is 53.7. The van der Waals surface area contributed by atoms with Crippen LogP contribution < -0.4 is 54.4 Å². The van der Waals surface area contributed by atoms with Crippen molar-refractivity contribution in [2.75, 3.05) is 19.9 Å². The van der Waals surface area contributed by atoms with Crippen LogP contribution in [0.1, 0.15) is 79.6 Å². The number of amides is 8. The van der Waals surface area contributed by atoms with Crippen LogP contribution in [0.15, 0.2) is 38.0 Å². The molecule has 0 spiro atoms. The van der Waals surface area contributed by atoms with Gasteiger partial charge >= 0.3 is 0 Å². The van der Waals surface area contributed by atoms with Gasteiger partial charge in [0.2, 0.25) is 48.3 Å². The summed E-state index contributed by atoms with van der Waals surface area (Å²) >= 11 is 0. The number of hydrogen-bond donors (Lipinski definition) is 10. The van der Waals surface area contributed by atoms with Gasteiger partial charge in [0.15, 0.2) is 0 Å². The third kappa shape index (κ3) is 42.9. The molecular formula is C34H64N10O8. The Bertz CT molecular complexity index is 1070. The molecule has 18 nitrogen and oxygen atoms in total. The van der Waals surface area contributed by atoms with Gasteiger partial charge in [-0.05, 0) is 71.1 Å². The van der Waals surface area contributed by atoms with Crippen molar-refractivity contribution in [1.29, 1.82) is 0 Å². The number of carbonyl (C=O) groups excluding carboxylic acids is 8. The first-order chi connectivity index (χ1) is 24.4. The lowest BCUT2D eigenvalue weighted by Gasteiger charge is -2.20. The molecule has 5 atom stereocenters. The van der Waals surface area contributed by atoms with Crippen molar-refractivity contribution in [3.05, 3.63) is 38.0 Å². The van der Waals surface area contributed by atoms with Crippen molar-refractivity contribution in [3.8, 4) is 0 Å². The summed E-state index contributed by atoms with van der Waals surface area (Å²) in [5, 5.41) is 18.6. The lowest BCUT2D eigenvalue weighted by molar-refractivity contribution is -0.124. The van der Waals surface area contributed by atoms with Crippen LogP contribution in [0.3, 0.4) is 0 Å². The van der Waals surface area contributed by atoms with E-state index in [0.29, 0.717) is 45.0 Å². The third-order valence-corrected chi connectivity index (χ3v) is 6.54. The predicted octanol–water partition coefficient (Wildman–Crippen LogP) is -1.18. The Morgan fingerprint density at radius 3 is 1.52 bits per heavy atom. The molecule has 0 rings (SSSR count). The van der Waals surface area contributed by atoms with E-state index >= 15 is 0 Å². The maximum absolute atomic E-state index is 11.8. The monoisotopic (exact) mass is 740 g/mol. The summed E-state index contributed by atoms with van der Waals surface area (Å²) in [5.41, 5.74) is 15.2. The second-order valence-electron chi connectivity index (χ2n) is 11.5. The zero-order valence-electron chi connectivity index (χ0n) is 31.5. The largest absolute Gasteiger partial charge is 0.369 e. The van der Waals surface area contributed by atoms with Crippen LogP contribution in [0.5, 0.6) is 0 Å². The molecule has 5 unspecified atom stereocenters. The first-order valence-electron chi connectivity index (χ1n) is 16.9. The van der Waals surface area contributed by atoms with Crippen molar-refractivity contribution in [2.24, 2.45) is 23.1 Å². The van der Waals surface area contributed by atoms with E-state index in [1.54, 1.807) is 6.92 Å². The molecule has 0 aliphatic rings. The molecule has 18 heteroatoms. The van der Waals surface area contributed by atoms with Crippen LogP contribution in [0, 0.1) is 5.92 Å². The van der Waals surface area contributed by atoms with Crippen LogP contribution >= 0.6 is 0 Å². The van der Waals surface area contributed by atoms with E-state index in [1.807, 2.05) is 27.7 Å². The lowest BCUT2D eigenvalue weighted by atomic mass is 10.0. The second-order valence-corrected chi connectivity index (χ2v) is 11.5. The Hall–Kier alpha value is -5.10. The Morgan fingerprint density at radius 1 is 0.692 bits per heavy atom. The van der Waals surface area contributed by atoms with Crippen molar-refractivity contribution in [1.82, 2.24) is 37.2 Å². The summed E-state index contributed by atoms with van der Waals surface area (Å²) in [6, 6.07) is 0.660. The van der Waals surface area contributed by atoms with E-state index in [0.717, 1.165) is 37.5 Å². The molecule has 0 aromatic rings. The zero-order chi connectivity index (χ0) is 40.9. The van der Waals surface area contributed by atoms with Gasteiger partial charge in [-0.15, -0.1) is 0 Å². The third-order valence-electron chi connectivity index (χ3n) is 6.54. The average Bonchev–Trinajstić information content (AvgIpc) is 3.08. The summed E-state index contributed by atoms with van der Waals surface area (Å²) in [4.78, 5) is 85.0. The fourth-order valence-electron chi connectivity index (χ4n) is 3.63. The zero-order valence-corrected chi connectivity index (χ0v) is 31.5. The molecule has 298 valence electrons. The van der Waals surface area contributed by atoms with Crippen LogP contribution in [-0.4, -0.2) is 92.3 Å². The van der Waals surface area contributed by atoms with Crippen molar-refractivity contribution >= 4 is 48.3 Å². The van der Waals surface area contributed by atoms with E-state index in [1.165, 1.54) is 0 Å². The van der Waals surface area contributed by atoms with E-state index in [9.17, 15) is 38.4 Å². The molecule has 0 aromatic carbocycles. The maximum atomic E-state index is 11.8. The lowest BCUT2D eigenvalue weighted by Crippen LogP contribution is -2.40. The Morgan fingerprint density at radius 2 is 1.13 bits per heavy atom. The molecule has 0 aliphatic heterocycles. The van der Waals surface area contributed by atoms with E-state index in [-0.39, 0.29) is 73.0 Å². The second kappa shape index (κ2) is 37.2. The summed E-state index contributed by atoms with van der Waals surface area (Å²) in [6.45, 7) is 19.8. The van der Waals surface area contributed by atoms with E-state index < -0.39 is 5.91 Å². The van der Waals surface area contributed by atoms with Crippen molar-refractivity contribution in [3.63, 3.8) is 0 Å². The molecule has 0 saturated heterocycles. The fourth-order valence-corrected chi connectivity index (χ4v) is 3.63. The molecule has 0 bridgehead atoms. The number of primary amides is 2. The molecule has 0 aromatic heterocycles. The minimum Gasteiger partial charge on any atom is -0.369 e. The highest BCUT2D eigenvalue weighted by atomic mass is 16.2. The normalized spacial score (nSPS) is 12.3. The van der Waals surface area contributed by atoms with Gasteiger partial charge in [-0.3, -0.25) is 38.4 Å². The molecule has 52 heavy (non-hydrogen) atoms. The average molecular weight is 741 g/mol. The molecule has 0 heterocycles. The molecule has 0 fully saturated rings. The van der Waals surface area contributed by atoms with Crippen molar-refractivity contribution < 1.29 is 38.4 Å². The number of nitrogens with one attached hydrogen (secondary N) is 7. The minimum absolute atomic E-state index is 0.0787. The first-order valence-corrected chi connectivity index (χ1v) is 16.9.